The summed E-state index contributed by atoms with van der Waals surface area (Å²) in [5.74, 6) is 0. The molecule has 0 aliphatic heterocycles. The van der Waals surface area contributed by atoms with Crippen LogP contribution in [0.2, 0.25) is 0 Å². The van der Waals surface area contributed by atoms with E-state index in [1.807, 2.05) is 13.8 Å². The van der Waals surface area contributed by atoms with Gasteiger partial charge in [0, 0.05) is 0 Å². The number of unbranched alkanes of at least 4 members (excludes halogenated alkanes) is 11. The molecule has 7 heteroatoms. The summed E-state index contributed by atoms with van der Waals surface area (Å²) in [6.07, 6.45) is 23.9. The molecule has 184 valence electrons. The number of hydrogen-bond acceptors (Lipinski definition) is 4. The summed E-state index contributed by atoms with van der Waals surface area (Å²) < 4.78 is 24.5. The smallest absolute Gasteiger partial charge is 0.267 e. The van der Waals surface area contributed by atoms with Crippen LogP contribution in [0.15, 0.2) is 18.7 Å². The van der Waals surface area contributed by atoms with E-state index in [4.69, 9.17) is 0 Å². The maximum absolute atomic E-state index is 11.0. The Morgan fingerprint density at radius 3 is 1.65 bits per heavy atom. The summed E-state index contributed by atoms with van der Waals surface area (Å²) in [5, 5.41) is 0. The summed E-state index contributed by atoms with van der Waals surface area (Å²) in [4.78, 5) is 11.0. The van der Waals surface area contributed by atoms with Crippen molar-refractivity contribution in [2.45, 2.75) is 117 Å². The lowest BCUT2D eigenvalue weighted by Gasteiger charge is -2.22. The molecule has 0 fully saturated rings. The van der Waals surface area contributed by atoms with Crippen molar-refractivity contribution in [2.75, 3.05) is 13.2 Å². The Kier molecular flexibility index (Phi) is 20.7. The largest absolute Gasteiger partial charge is 0.756 e. The molecule has 0 unspecified atom stereocenters. The molecule has 0 aliphatic carbocycles. The fourth-order valence-electron chi connectivity index (χ4n) is 3.09. The van der Waals surface area contributed by atoms with Crippen molar-refractivity contribution in [2.24, 2.45) is 7.05 Å². The predicted molar refractivity (Wildman–Crippen MR) is 127 cm³/mol. The molecule has 0 amide bonds. The number of aryl methyl sites for hydroxylation is 2. The van der Waals surface area contributed by atoms with Crippen molar-refractivity contribution in [3.05, 3.63) is 18.7 Å². The summed E-state index contributed by atoms with van der Waals surface area (Å²) in [6.45, 7) is 7.85. The third-order valence-electron chi connectivity index (χ3n) is 5.09. The van der Waals surface area contributed by atoms with Gasteiger partial charge in [0.1, 0.15) is 12.4 Å². The molecule has 1 aromatic rings. The van der Waals surface area contributed by atoms with Crippen molar-refractivity contribution < 1.29 is 23.1 Å². The third-order valence-corrected chi connectivity index (χ3v) is 6.09. The van der Waals surface area contributed by atoms with E-state index in [-0.39, 0.29) is 13.2 Å². The van der Waals surface area contributed by atoms with Crippen LogP contribution in [0.5, 0.6) is 0 Å². The van der Waals surface area contributed by atoms with Gasteiger partial charge in [-0.1, -0.05) is 85.0 Å². The van der Waals surface area contributed by atoms with Gasteiger partial charge in [0.05, 0.1) is 26.8 Å². The minimum atomic E-state index is -4.00. The van der Waals surface area contributed by atoms with Crippen molar-refractivity contribution in [3.8, 4) is 0 Å². The maximum Gasteiger partial charge on any atom is 0.267 e. The molecule has 1 aromatic heterocycles. The fraction of sp³-hybridized carbons (Fsp3) is 0.875. The number of phosphoric ester groups is 1. The molecule has 0 radical (unpaired) electrons. The predicted octanol–water partition coefficient (Wildman–Crippen LogP) is 6.32. The number of imidazole rings is 1. The van der Waals surface area contributed by atoms with Gasteiger partial charge >= 0.3 is 0 Å². The van der Waals surface area contributed by atoms with E-state index in [0.717, 1.165) is 25.7 Å². The van der Waals surface area contributed by atoms with E-state index in [0.29, 0.717) is 0 Å². The van der Waals surface area contributed by atoms with Gasteiger partial charge in [-0.3, -0.25) is 4.57 Å². The zero-order valence-electron chi connectivity index (χ0n) is 20.7. The van der Waals surface area contributed by atoms with Crippen LogP contribution < -0.4 is 9.46 Å². The highest BCUT2D eigenvalue weighted by molar-refractivity contribution is 7.45. The monoisotopic (exact) mass is 460 g/mol. The number of nitrogens with zero attached hydrogens (tertiary/aromatic N) is 2. The Labute approximate surface area is 192 Å². The van der Waals surface area contributed by atoms with E-state index in [9.17, 15) is 9.46 Å². The quantitative estimate of drug-likeness (QED) is 0.138. The van der Waals surface area contributed by atoms with E-state index in [1.54, 1.807) is 0 Å². The average Bonchev–Trinajstić information content (AvgIpc) is 3.15. The molecule has 1 rings (SSSR count). The van der Waals surface area contributed by atoms with Crippen LogP contribution in [-0.4, -0.2) is 17.8 Å². The molecule has 0 saturated carbocycles. The second-order valence-electron chi connectivity index (χ2n) is 8.32. The molecule has 0 aliphatic rings. The zero-order chi connectivity index (χ0) is 23.2. The first kappa shape index (κ1) is 30.3. The maximum atomic E-state index is 11.0. The standard InChI is InChI=1S/C16H31N2.C8H19O4P/c1-3-4-5-6-7-8-9-10-11-12-13-18-15-14-17(2)16-18;1-3-5-7-11-13(9,10)12-8-6-4-2/h14-16H,3-13H2,1-2H3;3-8H2,1-2H3,(H,9,10)/q+1;/p-1. The van der Waals surface area contributed by atoms with Crippen molar-refractivity contribution in [1.29, 1.82) is 0 Å². The number of aromatic nitrogens is 2. The van der Waals surface area contributed by atoms with Gasteiger partial charge in [-0.2, -0.15) is 0 Å². The highest BCUT2D eigenvalue weighted by Gasteiger charge is 2.07. The Morgan fingerprint density at radius 2 is 1.23 bits per heavy atom. The first-order chi connectivity index (χ1) is 14.9. The number of hydrogen-bond donors (Lipinski definition) is 0. The molecule has 0 saturated heterocycles. The molecule has 1 heterocycles. The minimum Gasteiger partial charge on any atom is -0.756 e. The van der Waals surface area contributed by atoms with Crippen LogP contribution in [0.1, 0.15) is 111 Å². The first-order valence-corrected chi connectivity index (χ1v) is 14.0. The second-order valence-corrected chi connectivity index (χ2v) is 9.73. The lowest BCUT2D eigenvalue weighted by molar-refractivity contribution is -0.696. The first-order valence-electron chi connectivity index (χ1n) is 12.6. The number of rotatable bonds is 19. The fourth-order valence-corrected chi connectivity index (χ4v) is 3.87. The topological polar surface area (TPSA) is 67.4 Å². The summed E-state index contributed by atoms with van der Waals surface area (Å²) in [7, 11) is -1.92. The Morgan fingerprint density at radius 1 is 0.774 bits per heavy atom. The average molecular weight is 461 g/mol. The highest BCUT2D eigenvalue weighted by atomic mass is 31.2. The van der Waals surface area contributed by atoms with E-state index in [1.165, 1.54) is 70.8 Å². The Balaban J connectivity index is 0.000000615. The molecule has 6 nitrogen and oxygen atoms in total. The van der Waals surface area contributed by atoms with Gasteiger partial charge < -0.3 is 13.9 Å². The van der Waals surface area contributed by atoms with Crippen molar-refractivity contribution >= 4 is 7.82 Å². The van der Waals surface area contributed by atoms with Crippen molar-refractivity contribution in [1.82, 2.24) is 4.57 Å². The molecule has 31 heavy (non-hydrogen) atoms. The van der Waals surface area contributed by atoms with Gasteiger partial charge in [0.25, 0.3) is 7.82 Å². The van der Waals surface area contributed by atoms with Gasteiger partial charge in [-0.25, -0.2) is 9.13 Å². The van der Waals surface area contributed by atoms with E-state index < -0.39 is 7.82 Å². The molecule has 0 spiro atoms. The summed E-state index contributed by atoms with van der Waals surface area (Å²) in [6, 6.07) is 0. The molecule has 0 bridgehead atoms. The van der Waals surface area contributed by atoms with Crippen LogP contribution in [-0.2, 0) is 27.2 Å². The van der Waals surface area contributed by atoms with Gasteiger partial charge in [0.15, 0.2) is 0 Å². The molecule has 0 N–H and O–H groups in total. The lowest BCUT2D eigenvalue weighted by atomic mass is 10.1. The van der Waals surface area contributed by atoms with E-state index in [2.05, 4.69) is 50.9 Å². The van der Waals surface area contributed by atoms with Crippen LogP contribution in [0, 0.1) is 0 Å². The molecule has 0 atom stereocenters. The zero-order valence-corrected chi connectivity index (χ0v) is 21.6. The Hall–Kier alpha value is -0.680. The molecular formula is C24H49N2O4P. The second kappa shape index (κ2) is 21.2. The van der Waals surface area contributed by atoms with Crippen LogP contribution in [0.3, 0.4) is 0 Å². The minimum absolute atomic E-state index is 0.226. The van der Waals surface area contributed by atoms with E-state index >= 15 is 0 Å². The Bertz CT molecular complexity index is 537. The van der Waals surface area contributed by atoms with Gasteiger partial charge in [0.2, 0.25) is 6.33 Å². The van der Waals surface area contributed by atoms with Gasteiger partial charge in [-0.15, -0.1) is 0 Å². The van der Waals surface area contributed by atoms with Crippen LogP contribution in [0.4, 0.5) is 0 Å². The number of phosphoric acid groups is 1. The molecular weight excluding hydrogens is 411 g/mol. The third kappa shape index (κ3) is 20.9. The summed E-state index contributed by atoms with van der Waals surface area (Å²) >= 11 is 0. The van der Waals surface area contributed by atoms with Gasteiger partial charge in [-0.05, 0) is 25.7 Å². The molecule has 0 aromatic carbocycles. The summed E-state index contributed by atoms with van der Waals surface area (Å²) in [5.41, 5.74) is 0. The highest BCUT2D eigenvalue weighted by Crippen LogP contribution is 2.38. The normalized spacial score (nSPS) is 11.4. The lowest BCUT2D eigenvalue weighted by Crippen LogP contribution is -2.30. The van der Waals surface area contributed by atoms with Crippen molar-refractivity contribution in [3.63, 3.8) is 0 Å². The SMILES string of the molecule is CCCCCCCCCCCC[n+]1ccn(C)c1.CCCCOP(=O)([O-])OCCCC. The van der Waals surface area contributed by atoms with Crippen LogP contribution >= 0.6 is 7.82 Å². The van der Waals surface area contributed by atoms with Crippen LogP contribution in [0.25, 0.3) is 0 Å².